The van der Waals surface area contributed by atoms with E-state index in [4.69, 9.17) is 14.3 Å². The van der Waals surface area contributed by atoms with Crippen LogP contribution in [0.5, 0.6) is 0 Å². The number of aromatic carboxylic acids is 1. The highest BCUT2D eigenvalue weighted by molar-refractivity contribution is 5.93. The summed E-state index contributed by atoms with van der Waals surface area (Å²) < 4.78 is 10.4. The lowest BCUT2D eigenvalue weighted by Crippen LogP contribution is -2.35. The zero-order valence-corrected chi connectivity index (χ0v) is 10.1. The van der Waals surface area contributed by atoms with Gasteiger partial charge in [-0.2, -0.15) is 0 Å². The molecule has 0 aliphatic carbocycles. The molecule has 1 aromatic rings. The van der Waals surface area contributed by atoms with Crippen molar-refractivity contribution in [2.45, 2.75) is 19.4 Å². The first kappa shape index (κ1) is 12.6. The van der Waals surface area contributed by atoms with Gasteiger partial charge in [0.05, 0.1) is 6.10 Å². The minimum absolute atomic E-state index is 0.0228. The molecule has 1 aromatic heterocycles. The predicted molar refractivity (Wildman–Crippen MR) is 61.6 cm³/mol. The van der Waals surface area contributed by atoms with Gasteiger partial charge in [0.2, 0.25) is 5.76 Å². The third-order valence-electron chi connectivity index (χ3n) is 2.77. The molecule has 1 saturated heterocycles. The summed E-state index contributed by atoms with van der Waals surface area (Å²) in [7, 11) is 0. The van der Waals surface area contributed by atoms with E-state index >= 15 is 0 Å². The van der Waals surface area contributed by atoms with Gasteiger partial charge in [-0.3, -0.25) is 4.79 Å². The maximum Gasteiger partial charge on any atom is 0.371 e. The number of rotatable bonds is 2. The van der Waals surface area contributed by atoms with Crippen molar-refractivity contribution in [2.75, 3.05) is 19.7 Å². The number of hydrogen-bond donors (Lipinski definition) is 1. The third kappa shape index (κ3) is 2.70. The van der Waals surface area contributed by atoms with Crippen molar-refractivity contribution in [1.29, 1.82) is 0 Å². The SMILES string of the molecule is CC1CN(C(=O)c2ccc(C(=O)O)o2)CCCO1. The Hall–Kier alpha value is -1.82. The molecule has 1 N–H and O–H groups in total. The van der Waals surface area contributed by atoms with Gasteiger partial charge < -0.3 is 19.2 Å². The standard InChI is InChI=1S/C12H15NO5/c1-8-7-13(5-2-6-17-8)11(14)9-3-4-10(18-9)12(15)16/h3-4,8H,2,5-7H2,1H3,(H,15,16). The van der Waals surface area contributed by atoms with Gasteiger partial charge >= 0.3 is 5.97 Å². The van der Waals surface area contributed by atoms with Crippen LogP contribution in [-0.2, 0) is 4.74 Å². The molecule has 1 atom stereocenters. The van der Waals surface area contributed by atoms with Crippen LogP contribution in [0.3, 0.4) is 0 Å². The van der Waals surface area contributed by atoms with Crippen molar-refractivity contribution in [2.24, 2.45) is 0 Å². The normalized spacial score (nSPS) is 20.5. The second-order valence-corrected chi connectivity index (χ2v) is 4.26. The lowest BCUT2D eigenvalue weighted by Gasteiger charge is -2.20. The highest BCUT2D eigenvalue weighted by atomic mass is 16.5. The molecule has 1 amide bonds. The van der Waals surface area contributed by atoms with E-state index in [0.717, 1.165) is 6.42 Å². The van der Waals surface area contributed by atoms with Crippen molar-refractivity contribution in [3.63, 3.8) is 0 Å². The van der Waals surface area contributed by atoms with Crippen LogP contribution in [0.2, 0.25) is 0 Å². The average Bonchev–Trinajstić information content (AvgIpc) is 2.72. The molecule has 6 heteroatoms. The van der Waals surface area contributed by atoms with Crippen LogP contribution in [0.15, 0.2) is 16.5 Å². The number of hydrogen-bond acceptors (Lipinski definition) is 4. The molecule has 6 nitrogen and oxygen atoms in total. The quantitative estimate of drug-likeness (QED) is 0.857. The molecule has 0 aromatic carbocycles. The number of ether oxygens (including phenoxy) is 1. The monoisotopic (exact) mass is 253 g/mol. The summed E-state index contributed by atoms with van der Waals surface area (Å²) in [6.45, 7) is 3.61. The number of amides is 1. The van der Waals surface area contributed by atoms with E-state index in [1.54, 1.807) is 4.90 Å². The zero-order valence-electron chi connectivity index (χ0n) is 10.1. The molecule has 2 heterocycles. The van der Waals surface area contributed by atoms with Gasteiger partial charge in [0.1, 0.15) is 0 Å². The van der Waals surface area contributed by atoms with Crippen LogP contribution >= 0.6 is 0 Å². The van der Waals surface area contributed by atoms with Crippen LogP contribution in [0.4, 0.5) is 0 Å². The van der Waals surface area contributed by atoms with Gasteiger partial charge in [-0.25, -0.2) is 4.79 Å². The Morgan fingerprint density at radius 2 is 2.11 bits per heavy atom. The third-order valence-corrected chi connectivity index (χ3v) is 2.77. The Bertz CT molecular complexity index is 453. The summed E-state index contributed by atoms with van der Waals surface area (Å²) in [5.41, 5.74) is 0. The summed E-state index contributed by atoms with van der Waals surface area (Å²) in [4.78, 5) is 24.4. The van der Waals surface area contributed by atoms with Gasteiger partial charge in [0.25, 0.3) is 5.91 Å². The first-order valence-electron chi connectivity index (χ1n) is 5.82. The maximum absolute atomic E-state index is 12.1. The van der Waals surface area contributed by atoms with E-state index in [9.17, 15) is 9.59 Å². The Kier molecular flexibility index (Phi) is 3.66. The summed E-state index contributed by atoms with van der Waals surface area (Å²) >= 11 is 0. The second kappa shape index (κ2) is 5.22. The molecule has 1 fully saturated rings. The lowest BCUT2D eigenvalue weighted by molar-refractivity contribution is 0.0538. The molecule has 1 aliphatic rings. The van der Waals surface area contributed by atoms with Gasteiger partial charge in [0.15, 0.2) is 5.76 Å². The van der Waals surface area contributed by atoms with Gasteiger partial charge in [-0.1, -0.05) is 0 Å². The lowest BCUT2D eigenvalue weighted by atomic mass is 10.3. The molecule has 0 spiro atoms. The van der Waals surface area contributed by atoms with Crippen LogP contribution in [-0.4, -0.2) is 47.7 Å². The Labute approximate surface area is 104 Å². The molecule has 2 rings (SSSR count). The van der Waals surface area contributed by atoms with E-state index in [1.807, 2.05) is 6.92 Å². The molecular formula is C12H15NO5. The van der Waals surface area contributed by atoms with Crippen molar-refractivity contribution in [3.8, 4) is 0 Å². The minimum atomic E-state index is -1.18. The maximum atomic E-state index is 12.1. The van der Waals surface area contributed by atoms with E-state index in [1.165, 1.54) is 12.1 Å². The highest BCUT2D eigenvalue weighted by Crippen LogP contribution is 2.14. The van der Waals surface area contributed by atoms with Crippen molar-refractivity contribution < 1.29 is 23.8 Å². The molecule has 98 valence electrons. The van der Waals surface area contributed by atoms with E-state index < -0.39 is 5.97 Å². The Morgan fingerprint density at radius 3 is 2.78 bits per heavy atom. The molecule has 1 aliphatic heterocycles. The fraction of sp³-hybridized carbons (Fsp3) is 0.500. The van der Waals surface area contributed by atoms with Crippen molar-refractivity contribution in [1.82, 2.24) is 4.90 Å². The van der Waals surface area contributed by atoms with Gasteiger partial charge in [-0.05, 0) is 25.5 Å². The topological polar surface area (TPSA) is 80.0 Å². The number of carboxylic acids is 1. The highest BCUT2D eigenvalue weighted by Gasteiger charge is 2.24. The first-order chi connectivity index (χ1) is 8.58. The first-order valence-corrected chi connectivity index (χ1v) is 5.82. The minimum Gasteiger partial charge on any atom is -0.475 e. The molecule has 1 unspecified atom stereocenters. The Balaban J connectivity index is 2.11. The number of furan rings is 1. The fourth-order valence-corrected chi connectivity index (χ4v) is 1.90. The van der Waals surface area contributed by atoms with Crippen molar-refractivity contribution >= 4 is 11.9 Å². The van der Waals surface area contributed by atoms with E-state index in [0.29, 0.717) is 19.7 Å². The van der Waals surface area contributed by atoms with Crippen molar-refractivity contribution in [3.05, 3.63) is 23.7 Å². The zero-order chi connectivity index (χ0) is 13.1. The molecule has 0 radical (unpaired) electrons. The van der Waals surface area contributed by atoms with Crippen LogP contribution in [0.1, 0.15) is 34.5 Å². The number of carbonyl (C=O) groups is 2. The largest absolute Gasteiger partial charge is 0.475 e. The summed E-state index contributed by atoms with van der Waals surface area (Å²) in [5, 5.41) is 8.74. The fourth-order valence-electron chi connectivity index (χ4n) is 1.90. The molecular weight excluding hydrogens is 238 g/mol. The van der Waals surface area contributed by atoms with Crippen LogP contribution in [0, 0.1) is 0 Å². The summed E-state index contributed by atoms with van der Waals surface area (Å²) in [5.74, 6) is -1.64. The van der Waals surface area contributed by atoms with E-state index in [2.05, 4.69) is 0 Å². The average molecular weight is 253 g/mol. The number of carbonyl (C=O) groups excluding carboxylic acids is 1. The van der Waals surface area contributed by atoms with Crippen LogP contribution in [0.25, 0.3) is 0 Å². The Morgan fingerprint density at radius 1 is 1.39 bits per heavy atom. The van der Waals surface area contributed by atoms with E-state index in [-0.39, 0.29) is 23.5 Å². The molecule has 18 heavy (non-hydrogen) atoms. The predicted octanol–water partition coefficient (Wildman–Crippen LogP) is 1.23. The van der Waals surface area contributed by atoms with Gasteiger partial charge in [-0.15, -0.1) is 0 Å². The second-order valence-electron chi connectivity index (χ2n) is 4.26. The smallest absolute Gasteiger partial charge is 0.371 e. The summed E-state index contributed by atoms with van der Waals surface area (Å²) in [6.07, 6.45) is 0.744. The summed E-state index contributed by atoms with van der Waals surface area (Å²) in [6, 6.07) is 2.68. The van der Waals surface area contributed by atoms with Gasteiger partial charge in [0, 0.05) is 19.7 Å². The van der Waals surface area contributed by atoms with Crippen LogP contribution < -0.4 is 0 Å². The number of carboxylic acid groups (broad SMARTS) is 1. The molecule has 0 bridgehead atoms. The number of nitrogens with zero attached hydrogens (tertiary/aromatic N) is 1. The molecule has 0 saturated carbocycles.